The maximum absolute atomic E-state index is 11.2. The van der Waals surface area contributed by atoms with Crippen molar-refractivity contribution in [3.8, 4) is 0 Å². The molecule has 2 aromatic heterocycles. The van der Waals surface area contributed by atoms with Crippen molar-refractivity contribution < 1.29 is 9.90 Å². The van der Waals surface area contributed by atoms with Gasteiger partial charge in [0, 0.05) is 31.2 Å². The molecule has 0 fully saturated rings. The highest BCUT2D eigenvalue weighted by Crippen LogP contribution is 2.17. The Morgan fingerprint density at radius 3 is 2.47 bits per heavy atom. The fraction of sp³-hybridized carbons (Fsp3) is 0.286. The molecule has 0 aliphatic carbocycles. The van der Waals surface area contributed by atoms with Crippen molar-refractivity contribution in [2.24, 2.45) is 0 Å². The summed E-state index contributed by atoms with van der Waals surface area (Å²) in [6, 6.07) is 3.93. The molecule has 1 N–H and O–H groups in total. The van der Waals surface area contributed by atoms with Gasteiger partial charge in [0.1, 0.15) is 12.4 Å². The largest absolute Gasteiger partial charge is 0.388 e. The summed E-state index contributed by atoms with van der Waals surface area (Å²) in [4.78, 5) is 23.5. The molecule has 1 unspecified atom stereocenters. The van der Waals surface area contributed by atoms with E-state index in [0.717, 1.165) is 0 Å². The van der Waals surface area contributed by atoms with E-state index in [9.17, 15) is 4.79 Å². The highest BCUT2D eigenvalue weighted by molar-refractivity contribution is 5.96. The number of nitrogens with zero attached hydrogens (tertiary/aromatic N) is 3. The summed E-state index contributed by atoms with van der Waals surface area (Å²) in [5, 5.41) is 8.74. The van der Waals surface area contributed by atoms with Crippen LogP contribution < -0.4 is 0 Å². The average molecular weight is 257 g/mol. The third-order valence-electron chi connectivity index (χ3n) is 2.93. The van der Waals surface area contributed by atoms with E-state index in [0.29, 0.717) is 17.8 Å². The SMILES string of the molecule is CC(Cc1ncc(C(=O)CO)cn1)c1ccncc1. The predicted molar refractivity (Wildman–Crippen MR) is 69.8 cm³/mol. The number of hydrogen-bond donors (Lipinski definition) is 1. The van der Waals surface area contributed by atoms with Gasteiger partial charge in [0.2, 0.25) is 0 Å². The molecule has 5 heteroatoms. The molecule has 0 aliphatic heterocycles. The molecule has 0 aliphatic rings. The normalized spacial score (nSPS) is 12.1. The number of ketones is 1. The van der Waals surface area contributed by atoms with Crippen LogP contribution in [-0.2, 0) is 6.42 Å². The minimum absolute atomic E-state index is 0.280. The maximum atomic E-state index is 11.2. The maximum Gasteiger partial charge on any atom is 0.191 e. The number of carbonyl (C=O) groups excluding carboxylic acids is 1. The summed E-state index contributed by atoms with van der Waals surface area (Å²) in [7, 11) is 0. The second kappa shape index (κ2) is 6.15. The van der Waals surface area contributed by atoms with E-state index in [2.05, 4.69) is 21.9 Å². The zero-order valence-corrected chi connectivity index (χ0v) is 10.7. The van der Waals surface area contributed by atoms with Crippen LogP contribution >= 0.6 is 0 Å². The molecule has 1 atom stereocenters. The van der Waals surface area contributed by atoms with E-state index < -0.39 is 6.61 Å². The van der Waals surface area contributed by atoms with Crippen molar-refractivity contribution in [2.75, 3.05) is 6.61 Å². The molecule has 0 spiro atoms. The summed E-state index contributed by atoms with van der Waals surface area (Å²) in [5.74, 6) is 0.593. The Balaban J connectivity index is 2.06. The highest BCUT2D eigenvalue weighted by Gasteiger charge is 2.10. The number of aliphatic hydroxyl groups is 1. The lowest BCUT2D eigenvalue weighted by Crippen LogP contribution is -2.08. The molecule has 98 valence electrons. The molecule has 2 heterocycles. The van der Waals surface area contributed by atoms with Crippen LogP contribution in [0.1, 0.15) is 34.6 Å². The topological polar surface area (TPSA) is 76.0 Å². The van der Waals surface area contributed by atoms with Crippen LogP contribution in [0.5, 0.6) is 0 Å². The van der Waals surface area contributed by atoms with Gasteiger partial charge in [-0.05, 0) is 23.6 Å². The molecular formula is C14H15N3O2. The molecule has 2 aromatic rings. The molecule has 0 saturated heterocycles. The van der Waals surface area contributed by atoms with Gasteiger partial charge in [0.05, 0.1) is 5.56 Å². The first-order valence-corrected chi connectivity index (χ1v) is 6.05. The molecule has 0 radical (unpaired) electrons. The quantitative estimate of drug-likeness (QED) is 0.819. The van der Waals surface area contributed by atoms with Crippen LogP contribution in [0, 0.1) is 0 Å². The van der Waals surface area contributed by atoms with Crippen LogP contribution in [0.4, 0.5) is 0 Å². The third-order valence-corrected chi connectivity index (χ3v) is 2.93. The molecule has 0 amide bonds. The van der Waals surface area contributed by atoms with Gasteiger partial charge in [-0.15, -0.1) is 0 Å². The van der Waals surface area contributed by atoms with Gasteiger partial charge in [-0.25, -0.2) is 9.97 Å². The summed E-state index contributed by atoms with van der Waals surface area (Å²) < 4.78 is 0. The lowest BCUT2D eigenvalue weighted by atomic mass is 9.99. The number of carbonyl (C=O) groups is 1. The second-order valence-corrected chi connectivity index (χ2v) is 4.35. The van der Waals surface area contributed by atoms with Crippen molar-refractivity contribution in [2.45, 2.75) is 19.3 Å². The average Bonchev–Trinajstić information content (AvgIpc) is 2.48. The van der Waals surface area contributed by atoms with Crippen LogP contribution in [0.15, 0.2) is 36.9 Å². The van der Waals surface area contributed by atoms with Crippen molar-refractivity contribution in [3.63, 3.8) is 0 Å². The minimum Gasteiger partial charge on any atom is -0.388 e. The van der Waals surface area contributed by atoms with Crippen molar-refractivity contribution in [1.29, 1.82) is 0 Å². The summed E-state index contributed by atoms with van der Waals surface area (Å²) in [5.41, 5.74) is 1.51. The molecule has 2 rings (SSSR count). The number of hydrogen-bond acceptors (Lipinski definition) is 5. The summed E-state index contributed by atoms with van der Waals surface area (Å²) >= 11 is 0. The second-order valence-electron chi connectivity index (χ2n) is 4.35. The summed E-state index contributed by atoms with van der Waals surface area (Å²) in [6.45, 7) is 1.57. The first kappa shape index (κ1) is 13.3. The van der Waals surface area contributed by atoms with Crippen LogP contribution in [0.25, 0.3) is 0 Å². The first-order valence-electron chi connectivity index (χ1n) is 6.05. The fourth-order valence-corrected chi connectivity index (χ4v) is 1.78. The van der Waals surface area contributed by atoms with Gasteiger partial charge >= 0.3 is 0 Å². The zero-order chi connectivity index (χ0) is 13.7. The van der Waals surface area contributed by atoms with Gasteiger partial charge in [0.25, 0.3) is 0 Å². The zero-order valence-electron chi connectivity index (χ0n) is 10.7. The van der Waals surface area contributed by atoms with E-state index in [-0.39, 0.29) is 11.7 Å². The van der Waals surface area contributed by atoms with Gasteiger partial charge in [-0.1, -0.05) is 6.92 Å². The highest BCUT2D eigenvalue weighted by atomic mass is 16.3. The smallest absolute Gasteiger partial charge is 0.191 e. The standard InChI is InChI=1S/C14H15N3O2/c1-10(11-2-4-15-5-3-11)6-14-16-7-12(8-17-14)13(19)9-18/h2-5,7-8,10,18H,6,9H2,1H3. The monoisotopic (exact) mass is 257 g/mol. The van der Waals surface area contributed by atoms with E-state index in [1.165, 1.54) is 18.0 Å². The number of rotatable bonds is 5. The van der Waals surface area contributed by atoms with E-state index in [1.807, 2.05) is 12.1 Å². The Labute approximate surface area is 111 Å². The van der Waals surface area contributed by atoms with Gasteiger partial charge in [-0.2, -0.15) is 0 Å². The molecule has 0 saturated carbocycles. The number of pyridine rings is 1. The van der Waals surface area contributed by atoms with Crippen LogP contribution in [0.3, 0.4) is 0 Å². The Morgan fingerprint density at radius 2 is 1.89 bits per heavy atom. The van der Waals surface area contributed by atoms with Gasteiger partial charge in [0.15, 0.2) is 5.78 Å². The van der Waals surface area contributed by atoms with Crippen LogP contribution in [0.2, 0.25) is 0 Å². The Hall–Kier alpha value is -2.14. The molecule has 0 aromatic carbocycles. The number of aliphatic hydroxyl groups excluding tert-OH is 1. The predicted octanol–water partition coefficient (Wildman–Crippen LogP) is 1.39. The van der Waals surface area contributed by atoms with Crippen molar-refractivity contribution >= 4 is 5.78 Å². The Bertz CT molecular complexity index is 540. The van der Waals surface area contributed by atoms with Crippen LogP contribution in [-0.4, -0.2) is 32.4 Å². The van der Waals surface area contributed by atoms with Gasteiger partial charge in [-0.3, -0.25) is 9.78 Å². The Morgan fingerprint density at radius 1 is 1.26 bits per heavy atom. The summed E-state index contributed by atoms with van der Waals surface area (Å²) in [6.07, 6.45) is 7.13. The number of aromatic nitrogens is 3. The molecule has 19 heavy (non-hydrogen) atoms. The fourth-order valence-electron chi connectivity index (χ4n) is 1.78. The molecule has 0 bridgehead atoms. The van der Waals surface area contributed by atoms with Crippen molar-refractivity contribution in [3.05, 3.63) is 53.9 Å². The van der Waals surface area contributed by atoms with E-state index >= 15 is 0 Å². The lowest BCUT2D eigenvalue weighted by Gasteiger charge is -2.10. The molecular weight excluding hydrogens is 242 g/mol. The third kappa shape index (κ3) is 3.42. The molecule has 5 nitrogen and oxygen atoms in total. The minimum atomic E-state index is -0.518. The van der Waals surface area contributed by atoms with Gasteiger partial charge < -0.3 is 5.11 Å². The van der Waals surface area contributed by atoms with E-state index in [4.69, 9.17) is 5.11 Å². The Kier molecular flexibility index (Phi) is 4.30. The van der Waals surface area contributed by atoms with E-state index in [1.54, 1.807) is 12.4 Å². The lowest BCUT2D eigenvalue weighted by molar-refractivity contribution is 0.0903. The first-order chi connectivity index (χ1) is 9.20. The number of Topliss-reactive ketones (excluding diaryl/α,β-unsaturated/α-hetero) is 1. The van der Waals surface area contributed by atoms with Crippen molar-refractivity contribution in [1.82, 2.24) is 15.0 Å².